The van der Waals surface area contributed by atoms with Gasteiger partial charge in [-0.05, 0) is 61.1 Å². The van der Waals surface area contributed by atoms with E-state index in [9.17, 15) is 13.5 Å². The van der Waals surface area contributed by atoms with E-state index in [1.54, 1.807) is 31.4 Å². The second-order valence-electron chi connectivity index (χ2n) is 7.65. The predicted molar refractivity (Wildman–Crippen MR) is 119 cm³/mol. The molecule has 0 saturated heterocycles. The van der Waals surface area contributed by atoms with Crippen LogP contribution in [-0.4, -0.2) is 32.1 Å². The molecular formula is C24H31NO4S. The summed E-state index contributed by atoms with van der Waals surface area (Å²) >= 11 is 0. The number of aliphatic hydroxyl groups is 1. The van der Waals surface area contributed by atoms with E-state index in [1.165, 1.54) is 0 Å². The van der Waals surface area contributed by atoms with Crippen molar-refractivity contribution in [1.29, 1.82) is 0 Å². The second kappa shape index (κ2) is 10.1. The van der Waals surface area contributed by atoms with Gasteiger partial charge >= 0.3 is 0 Å². The lowest BCUT2D eigenvalue weighted by Crippen LogP contribution is -2.30. The average Bonchev–Trinajstić information content (AvgIpc) is 2.78. The highest BCUT2D eigenvalue weighted by Gasteiger charge is 2.29. The van der Waals surface area contributed by atoms with Crippen LogP contribution in [0.1, 0.15) is 50.2 Å². The summed E-state index contributed by atoms with van der Waals surface area (Å²) in [6.45, 7) is 3.57. The van der Waals surface area contributed by atoms with Gasteiger partial charge in [-0.25, -0.2) is 8.42 Å². The first kappa shape index (κ1) is 22.4. The van der Waals surface area contributed by atoms with Gasteiger partial charge in [-0.3, -0.25) is 0 Å². The molecule has 0 unspecified atom stereocenters. The van der Waals surface area contributed by atoms with Crippen molar-refractivity contribution in [3.8, 4) is 5.75 Å². The molecule has 0 radical (unpaired) electrons. The number of ether oxygens (including phenoxy) is 1. The van der Waals surface area contributed by atoms with Crippen molar-refractivity contribution in [3.63, 3.8) is 0 Å². The lowest BCUT2D eigenvalue weighted by molar-refractivity contribution is 0.282. The van der Waals surface area contributed by atoms with Gasteiger partial charge < -0.3 is 14.7 Å². The molecule has 2 aromatic rings. The van der Waals surface area contributed by atoms with Crippen molar-refractivity contribution in [2.45, 2.75) is 57.1 Å². The number of sulfone groups is 1. The molecule has 0 atom stereocenters. The summed E-state index contributed by atoms with van der Waals surface area (Å²) in [5, 5.41) is 9.25. The summed E-state index contributed by atoms with van der Waals surface area (Å²) < 4.78 is 32.2. The molecule has 3 rings (SSSR count). The predicted octanol–water partition coefficient (Wildman–Crippen LogP) is 4.66. The lowest BCUT2D eigenvalue weighted by Gasteiger charge is -2.34. The topological polar surface area (TPSA) is 66.8 Å². The molecule has 0 bridgehead atoms. The van der Waals surface area contributed by atoms with Crippen LogP contribution in [0.15, 0.2) is 64.0 Å². The molecule has 162 valence electrons. The Morgan fingerprint density at radius 1 is 1.03 bits per heavy atom. The summed E-state index contributed by atoms with van der Waals surface area (Å²) in [5.74, 6) is 0.814. The van der Waals surface area contributed by atoms with E-state index in [0.717, 1.165) is 49.2 Å². The fraction of sp³-hybridized carbons (Fsp3) is 0.417. The Bertz CT molecular complexity index is 963. The van der Waals surface area contributed by atoms with Crippen molar-refractivity contribution in [2.24, 2.45) is 0 Å². The minimum Gasteiger partial charge on any atom is -0.497 e. The number of methoxy groups -OCH3 is 1. The van der Waals surface area contributed by atoms with Crippen LogP contribution in [0.2, 0.25) is 0 Å². The van der Waals surface area contributed by atoms with Crippen LogP contribution >= 0.6 is 0 Å². The maximum absolute atomic E-state index is 13.5. The molecule has 0 amide bonds. The van der Waals surface area contributed by atoms with E-state index >= 15 is 0 Å². The number of hydrogen-bond acceptors (Lipinski definition) is 5. The molecule has 0 fully saturated rings. The van der Waals surface area contributed by atoms with Crippen LogP contribution in [0.3, 0.4) is 0 Å². The second-order valence-corrected chi connectivity index (χ2v) is 9.62. The van der Waals surface area contributed by atoms with E-state index in [4.69, 9.17) is 4.74 Å². The molecule has 0 spiro atoms. The van der Waals surface area contributed by atoms with E-state index in [2.05, 4.69) is 11.8 Å². The largest absolute Gasteiger partial charge is 0.497 e. The van der Waals surface area contributed by atoms with Gasteiger partial charge in [0, 0.05) is 18.8 Å². The molecule has 30 heavy (non-hydrogen) atoms. The summed E-state index contributed by atoms with van der Waals surface area (Å²) in [7, 11) is -1.92. The fourth-order valence-corrected chi connectivity index (χ4v) is 5.59. The Kier molecular flexibility index (Phi) is 7.56. The minimum absolute atomic E-state index is 0.0968. The van der Waals surface area contributed by atoms with Crippen molar-refractivity contribution >= 4 is 9.84 Å². The standard InChI is InChI=1S/C24H31NO4S/c1-3-4-6-23-24(30(27,28)22-14-10-20(18-26)11-15-22)7-5-16-25(23)17-19-8-12-21(29-2)13-9-19/h8-15,26H,3-7,16-18H2,1-2H3. The minimum atomic E-state index is -3.57. The van der Waals surface area contributed by atoms with Gasteiger partial charge in [-0.15, -0.1) is 0 Å². The smallest absolute Gasteiger partial charge is 0.204 e. The molecule has 5 nitrogen and oxygen atoms in total. The molecule has 1 aliphatic rings. The van der Waals surface area contributed by atoms with Crippen LogP contribution < -0.4 is 4.74 Å². The lowest BCUT2D eigenvalue weighted by atomic mass is 10.1. The Hall–Kier alpha value is -2.31. The number of hydrogen-bond donors (Lipinski definition) is 1. The van der Waals surface area contributed by atoms with Crippen molar-refractivity contribution in [3.05, 3.63) is 70.3 Å². The summed E-state index contributed by atoms with van der Waals surface area (Å²) in [6, 6.07) is 14.5. The zero-order valence-corrected chi connectivity index (χ0v) is 18.6. The summed E-state index contributed by atoms with van der Waals surface area (Å²) in [6.07, 6.45) is 4.11. The number of rotatable bonds is 9. The van der Waals surface area contributed by atoms with E-state index in [1.807, 2.05) is 24.3 Å². The van der Waals surface area contributed by atoms with Crippen LogP contribution in [0.4, 0.5) is 0 Å². The number of aliphatic hydroxyl groups excluding tert-OH is 1. The Labute approximate surface area is 179 Å². The molecule has 2 aromatic carbocycles. The van der Waals surface area contributed by atoms with Gasteiger partial charge in [-0.1, -0.05) is 37.6 Å². The first-order valence-corrected chi connectivity index (χ1v) is 12.0. The van der Waals surface area contributed by atoms with Crippen LogP contribution in [0, 0.1) is 0 Å². The number of benzene rings is 2. The molecule has 1 N–H and O–H groups in total. The molecule has 0 saturated carbocycles. The quantitative estimate of drug-likeness (QED) is 0.628. The first-order chi connectivity index (χ1) is 14.5. The van der Waals surface area contributed by atoms with Gasteiger partial charge in [0.15, 0.2) is 0 Å². The van der Waals surface area contributed by atoms with Crippen LogP contribution in [-0.2, 0) is 23.0 Å². The zero-order chi connectivity index (χ0) is 21.6. The summed E-state index contributed by atoms with van der Waals surface area (Å²) in [4.78, 5) is 3.08. The van der Waals surface area contributed by atoms with Crippen molar-refractivity contribution in [1.82, 2.24) is 4.90 Å². The Balaban J connectivity index is 1.96. The fourth-order valence-electron chi connectivity index (χ4n) is 3.86. The number of unbranched alkanes of at least 4 members (excludes halogenated alkanes) is 1. The number of allylic oxidation sites excluding steroid dienone is 2. The third-order valence-electron chi connectivity index (χ3n) is 5.58. The maximum Gasteiger partial charge on any atom is 0.204 e. The molecular weight excluding hydrogens is 398 g/mol. The van der Waals surface area contributed by atoms with Crippen molar-refractivity contribution in [2.75, 3.05) is 13.7 Å². The van der Waals surface area contributed by atoms with Gasteiger partial charge in [0.05, 0.1) is 23.5 Å². The highest BCUT2D eigenvalue weighted by Crippen LogP contribution is 2.34. The van der Waals surface area contributed by atoms with Crippen LogP contribution in [0.5, 0.6) is 5.75 Å². The van der Waals surface area contributed by atoms with E-state index in [-0.39, 0.29) is 6.61 Å². The zero-order valence-electron chi connectivity index (χ0n) is 17.8. The van der Waals surface area contributed by atoms with Gasteiger partial charge in [-0.2, -0.15) is 0 Å². The average molecular weight is 430 g/mol. The maximum atomic E-state index is 13.5. The summed E-state index contributed by atoms with van der Waals surface area (Å²) in [5.41, 5.74) is 2.79. The number of nitrogens with zero attached hydrogens (tertiary/aromatic N) is 1. The SMILES string of the molecule is CCCCC1=C(S(=O)(=O)c2ccc(CO)cc2)CCCN1Cc1ccc(OC)cc1. The van der Waals surface area contributed by atoms with Crippen LogP contribution in [0.25, 0.3) is 0 Å². The monoisotopic (exact) mass is 429 g/mol. The molecule has 1 heterocycles. The van der Waals surface area contributed by atoms with E-state index in [0.29, 0.717) is 28.3 Å². The Morgan fingerprint density at radius 3 is 2.30 bits per heavy atom. The third kappa shape index (κ3) is 5.05. The first-order valence-electron chi connectivity index (χ1n) is 10.5. The Morgan fingerprint density at radius 2 is 1.70 bits per heavy atom. The van der Waals surface area contributed by atoms with E-state index < -0.39 is 9.84 Å². The molecule has 0 aliphatic carbocycles. The highest BCUT2D eigenvalue weighted by molar-refractivity contribution is 7.95. The van der Waals surface area contributed by atoms with Gasteiger partial charge in [0.1, 0.15) is 5.75 Å². The third-order valence-corrected chi connectivity index (χ3v) is 7.56. The van der Waals surface area contributed by atoms with Crippen molar-refractivity contribution < 1.29 is 18.3 Å². The highest BCUT2D eigenvalue weighted by atomic mass is 32.2. The molecule has 0 aromatic heterocycles. The van der Waals surface area contributed by atoms with Gasteiger partial charge in [0.2, 0.25) is 9.84 Å². The normalized spacial score (nSPS) is 14.8. The molecule has 6 heteroatoms. The molecule has 1 aliphatic heterocycles. The van der Waals surface area contributed by atoms with Gasteiger partial charge in [0.25, 0.3) is 0 Å².